The molecular formula is C11H11F5N2O3. The van der Waals surface area contributed by atoms with Crippen molar-refractivity contribution in [1.82, 2.24) is 4.98 Å². The second kappa shape index (κ2) is 6.66. The molecule has 0 radical (unpaired) electrons. The van der Waals surface area contributed by atoms with Crippen molar-refractivity contribution in [2.75, 3.05) is 7.11 Å². The molecule has 21 heavy (non-hydrogen) atoms. The van der Waals surface area contributed by atoms with E-state index in [0.29, 0.717) is 0 Å². The fraction of sp³-hybridized carbons (Fsp3) is 0.455. The van der Waals surface area contributed by atoms with Gasteiger partial charge in [-0.05, 0) is 5.56 Å². The Morgan fingerprint density at radius 3 is 2.48 bits per heavy atom. The Kier molecular flexibility index (Phi) is 5.41. The van der Waals surface area contributed by atoms with Crippen LogP contribution in [-0.2, 0) is 22.5 Å². The molecule has 0 unspecified atom stereocenters. The zero-order valence-electron chi connectivity index (χ0n) is 10.7. The lowest BCUT2D eigenvalue weighted by molar-refractivity contribution is -0.275. The first kappa shape index (κ1) is 17.1. The van der Waals surface area contributed by atoms with Crippen molar-refractivity contribution >= 4 is 5.97 Å². The van der Waals surface area contributed by atoms with E-state index in [0.717, 1.165) is 13.3 Å². The lowest BCUT2D eigenvalue weighted by Crippen LogP contribution is -2.22. The van der Waals surface area contributed by atoms with Crippen molar-refractivity contribution in [3.8, 4) is 5.75 Å². The number of rotatable bonds is 5. The molecule has 1 heterocycles. The minimum Gasteiger partial charge on any atom is -0.469 e. The van der Waals surface area contributed by atoms with Crippen molar-refractivity contribution in [1.29, 1.82) is 0 Å². The molecule has 0 aliphatic carbocycles. The molecule has 0 aliphatic rings. The van der Waals surface area contributed by atoms with Crippen LogP contribution in [0.25, 0.3) is 0 Å². The Morgan fingerprint density at radius 1 is 1.43 bits per heavy atom. The minimum absolute atomic E-state index is 0.0240. The number of hydrogen-bond acceptors (Lipinski definition) is 5. The van der Waals surface area contributed by atoms with Crippen LogP contribution in [0.5, 0.6) is 5.75 Å². The van der Waals surface area contributed by atoms with E-state index in [-0.39, 0.29) is 12.1 Å². The van der Waals surface area contributed by atoms with Gasteiger partial charge in [0.25, 0.3) is 6.43 Å². The first-order valence-electron chi connectivity index (χ1n) is 5.51. The Balaban J connectivity index is 3.45. The Morgan fingerprint density at radius 2 is 2.05 bits per heavy atom. The molecule has 0 fully saturated rings. The van der Waals surface area contributed by atoms with E-state index < -0.39 is 42.2 Å². The summed E-state index contributed by atoms with van der Waals surface area (Å²) in [7, 11) is 1.00. The van der Waals surface area contributed by atoms with Crippen LogP contribution in [0.4, 0.5) is 22.0 Å². The first-order valence-corrected chi connectivity index (χ1v) is 5.51. The molecule has 1 aromatic heterocycles. The number of carbonyl (C=O) groups excluding carboxylic acids is 1. The van der Waals surface area contributed by atoms with Crippen LogP contribution in [-0.4, -0.2) is 24.4 Å². The molecule has 10 heteroatoms. The Hall–Kier alpha value is -1.97. The number of nitrogens with zero attached hydrogens (tertiary/aromatic N) is 1. The number of ether oxygens (including phenoxy) is 2. The second-order valence-electron chi connectivity index (χ2n) is 3.78. The normalized spacial score (nSPS) is 11.6. The molecule has 0 aromatic carbocycles. The zero-order chi connectivity index (χ0) is 16.2. The average Bonchev–Trinajstić information content (AvgIpc) is 2.38. The van der Waals surface area contributed by atoms with E-state index in [4.69, 9.17) is 5.73 Å². The van der Waals surface area contributed by atoms with E-state index in [1.54, 1.807) is 0 Å². The second-order valence-corrected chi connectivity index (χ2v) is 3.78. The molecular weight excluding hydrogens is 303 g/mol. The van der Waals surface area contributed by atoms with Gasteiger partial charge in [-0.2, -0.15) is 0 Å². The highest BCUT2D eigenvalue weighted by molar-refractivity contribution is 5.74. The zero-order valence-corrected chi connectivity index (χ0v) is 10.7. The van der Waals surface area contributed by atoms with Crippen LogP contribution >= 0.6 is 0 Å². The molecule has 5 nitrogen and oxygen atoms in total. The van der Waals surface area contributed by atoms with E-state index in [9.17, 15) is 26.7 Å². The summed E-state index contributed by atoms with van der Waals surface area (Å²) in [6.45, 7) is -0.308. The van der Waals surface area contributed by atoms with Gasteiger partial charge >= 0.3 is 12.3 Å². The van der Waals surface area contributed by atoms with Gasteiger partial charge in [0.15, 0.2) is 5.75 Å². The van der Waals surface area contributed by atoms with E-state index >= 15 is 0 Å². The fourth-order valence-corrected chi connectivity index (χ4v) is 1.56. The number of carbonyl (C=O) groups is 1. The molecule has 0 aliphatic heterocycles. The van der Waals surface area contributed by atoms with Gasteiger partial charge in [0.05, 0.1) is 13.5 Å². The highest BCUT2D eigenvalue weighted by Crippen LogP contribution is 2.36. The molecule has 0 amide bonds. The number of halogens is 5. The lowest BCUT2D eigenvalue weighted by Gasteiger charge is -2.18. The van der Waals surface area contributed by atoms with Crippen LogP contribution in [0.3, 0.4) is 0 Å². The van der Waals surface area contributed by atoms with Gasteiger partial charge < -0.3 is 15.2 Å². The summed E-state index contributed by atoms with van der Waals surface area (Å²) in [5.41, 5.74) is 3.64. The minimum atomic E-state index is -5.22. The topological polar surface area (TPSA) is 74.4 Å². The van der Waals surface area contributed by atoms with Gasteiger partial charge in [-0.25, -0.2) is 8.78 Å². The molecule has 1 rings (SSSR count). The summed E-state index contributed by atoms with van der Waals surface area (Å²) in [5, 5.41) is 0. The summed E-state index contributed by atoms with van der Waals surface area (Å²) >= 11 is 0. The smallest absolute Gasteiger partial charge is 0.469 e. The van der Waals surface area contributed by atoms with Crippen molar-refractivity contribution in [3.05, 3.63) is 23.0 Å². The number of alkyl halides is 5. The van der Waals surface area contributed by atoms with Gasteiger partial charge in [-0.3, -0.25) is 9.78 Å². The van der Waals surface area contributed by atoms with Crippen molar-refractivity contribution in [3.63, 3.8) is 0 Å². The Bertz CT molecular complexity index is 519. The number of pyridine rings is 1. The maximum atomic E-state index is 12.8. The van der Waals surface area contributed by atoms with Crippen LogP contribution in [0.1, 0.15) is 23.2 Å². The van der Waals surface area contributed by atoms with Crippen LogP contribution in [0.15, 0.2) is 6.20 Å². The van der Waals surface area contributed by atoms with Crippen LogP contribution in [0, 0.1) is 0 Å². The van der Waals surface area contributed by atoms with Crippen molar-refractivity contribution in [2.45, 2.75) is 25.8 Å². The predicted octanol–water partition coefficient (Wildman–Crippen LogP) is 2.09. The van der Waals surface area contributed by atoms with Gasteiger partial charge in [0.1, 0.15) is 5.69 Å². The summed E-state index contributed by atoms with van der Waals surface area (Å²) < 4.78 is 70.6. The number of nitrogens with two attached hydrogens (primary N) is 1. The van der Waals surface area contributed by atoms with Crippen molar-refractivity contribution in [2.24, 2.45) is 5.73 Å². The largest absolute Gasteiger partial charge is 0.573 e. The number of methoxy groups -OCH3 is 1. The molecule has 118 valence electrons. The van der Waals surface area contributed by atoms with Crippen LogP contribution < -0.4 is 10.5 Å². The third-order valence-electron chi connectivity index (χ3n) is 2.45. The molecule has 0 bridgehead atoms. The monoisotopic (exact) mass is 314 g/mol. The predicted molar refractivity (Wildman–Crippen MR) is 59.5 cm³/mol. The number of hydrogen-bond donors (Lipinski definition) is 1. The summed E-state index contributed by atoms with van der Waals surface area (Å²) in [4.78, 5) is 14.5. The van der Waals surface area contributed by atoms with Gasteiger partial charge in [-0.15, -0.1) is 13.2 Å². The third kappa shape index (κ3) is 4.52. The quantitative estimate of drug-likeness (QED) is 0.665. The molecule has 0 saturated heterocycles. The molecule has 1 aromatic rings. The lowest BCUT2D eigenvalue weighted by atomic mass is 10.0. The maximum absolute atomic E-state index is 12.8. The van der Waals surface area contributed by atoms with Gasteiger partial charge in [-0.1, -0.05) is 0 Å². The molecule has 2 N–H and O–H groups in total. The third-order valence-corrected chi connectivity index (χ3v) is 2.45. The molecule has 0 saturated carbocycles. The highest BCUT2D eigenvalue weighted by atomic mass is 19.4. The fourth-order valence-electron chi connectivity index (χ4n) is 1.56. The SMILES string of the molecule is COC(=O)Cc1c(CN)cnc(C(F)F)c1OC(F)(F)F. The molecule has 0 spiro atoms. The molecule has 0 atom stereocenters. The van der Waals surface area contributed by atoms with Crippen LogP contribution in [0.2, 0.25) is 0 Å². The highest BCUT2D eigenvalue weighted by Gasteiger charge is 2.36. The van der Waals surface area contributed by atoms with E-state index in [2.05, 4.69) is 14.5 Å². The summed E-state index contributed by atoms with van der Waals surface area (Å²) in [6.07, 6.45) is -8.35. The van der Waals surface area contributed by atoms with Gasteiger partial charge in [0.2, 0.25) is 0 Å². The number of aromatic nitrogens is 1. The van der Waals surface area contributed by atoms with E-state index in [1.807, 2.05) is 0 Å². The van der Waals surface area contributed by atoms with Crippen molar-refractivity contribution < 1.29 is 36.2 Å². The summed E-state index contributed by atoms with van der Waals surface area (Å²) in [6, 6.07) is 0. The standard InChI is InChI=1S/C11H11F5N2O3/c1-20-7(19)2-6-5(3-17)4-18-8(10(12)13)9(6)21-11(14,15)16/h4,10H,2-3,17H2,1H3. The average molecular weight is 314 g/mol. The maximum Gasteiger partial charge on any atom is 0.573 e. The van der Waals surface area contributed by atoms with Gasteiger partial charge in [0, 0.05) is 18.3 Å². The number of esters is 1. The Labute approximate surface area is 115 Å². The summed E-state index contributed by atoms with van der Waals surface area (Å²) in [5.74, 6) is -2.14. The van der Waals surface area contributed by atoms with E-state index in [1.165, 1.54) is 0 Å². The first-order chi connectivity index (χ1) is 9.69.